The van der Waals surface area contributed by atoms with Gasteiger partial charge in [0.15, 0.2) is 34.5 Å². The van der Waals surface area contributed by atoms with Crippen LogP contribution in [0.25, 0.3) is 0 Å². The van der Waals surface area contributed by atoms with Crippen LogP contribution in [0.4, 0.5) is 34.1 Å². The van der Waals surface area contributed by atoms with Crippen LogP contribution in [0.3, 0.4) is 0 Å². The number of ether oxygens (including phenoxy) is 6. The monoisotopic (exact) mass is 912 g/mol. The summed E-state index contributed by atoms with van der Waals surface area (Å²) in [6.07, 6.45) is 2.28. The van der Waals surface area contributed by atoms with E-state index in [4.69, 9.17) is 62.8 Å². The highest BCUT2D eigenvalue weighted by Crippen LogP contribution is 2.58. The van der Waals surface area contributed by atoms with Crippen LogP contribution in [0.5, 0.6) is 80.5 Å². The van der Waals surface area contributed by atoms with Gasteiger partial charge in [-0.2, -0.15) is 0 Å². The van der Waals surface area contributed by atoms with Crippen molar-refractivity contribution in [2.75, 3.05) is 34.4 Å². The van der Waals surface area contributed by atoms with E-state index in [9.17, 15) is 10.2 Å². The minimum atomic E-state index is -0.500. The maximum Gasteiger partial charge on any atom is 0.172 e. The molecule has 14 N–H and O–H groups in total. The molecular formula is C54H52N6O8. The Morgan fingerprint density at radius 3 is 0.691 bits per heavy atom. The first-order chi connectivity index (χ1) is 32.7. The minimum Gasteiger partial charge on any atom is -0.508 e. The number of aromatic hydroxyl groups is 2. The third-order valence-corrected chi connectivity index (χ3v) is 14.0. The molecule has 0 fully saturated rings. The zero-order chi connectivity index (χ0) is 47.4. The molecule has 11 rings (SSSR count). The molecule has 8 bridgehead atoms. The molecule has 7 aromatic rings. The molecule has 3 aliphatic heterocycles. The number of hydrogen-bond acceptors (Lipinski definition) is 14. The van der Waals surface area contributed by atoms with Gasteiger partial charge in [0.1, 0.15) is 46.0 Å². The van der Waals surface area contributed by atoms with E-state index >= 15 is 0 Å². The minimum absolute atomic E-state index is 0.0199. The van der Waals surface area contributed by atoms with Gasteiger partial charge >= 0.3 is 0 Å². The highest BCUT2D eigenvalue weighted by atomic mass is 16.5. The molecule has 346 valence electrons. The maximum atomic E-state index is 12.2. The van der Waals surface area contributed by atoms with Gasteiger partial charge < -0.3 is 73.0 Å². The molecule has 7 aromatic carbocycles. The standard InChI is InChI=1S/C54H52N6O8/c1-5-23-27-9-29-24(6-2)31-11-33-26(8-4)34-12-32-25(7-3)30-10-28(23)42(62)20-44(30)64-50-14-36(56)38(58)16-52(50)66-46(32)22-48(34)68-54-18-40(60)39(59)17-53(54)67-47(33)21-45(31)65-51-15-37(57)35(55)13-49(51)63-43(29)19-41(27)61/h9-26,61-62H,5-8,55-60H2,1-4H3. The zero-order valence-electron chi connectivity index (χ0n) is 38.0. The van der Waals surface area contributed by atoms with E-state index in [0.29, 0.717) is 140 Å². The second kappa shape index (κ2) is 15.7. The Morgan fingerprint density at radius 2 is 0.471 bits per heavy atom. The number of hydrogen-bond donors (Lipinski definition) is 8. The van der Waals surface area contributed by atoms with Crippen LogP contribution in [0.2, 0.25) is 0 Å². The third-order valence-electron chi connectivity index (χ3n) is 14.0. The van der Waals surface area contributed by atoms with Gasteiger partial charge in [-0.15, -0.1) is 0 Å². The molecule has 0 radical (unpaired) electrons. The van der Waals surface area contributed by atoms with Gasteiger partial charge in [0.25, 0.3) is 0 Å². The fraction of sp³-hybridized carbons (Fsp3) is 0.222. The number of phenolic OH excluding ortho intramolecular Hbond substituents is 2. The predicted molar refractivity (Wildman–Crippen MR) is 264 cm³/mol. The summed E-state index contributed by atoms with van der Waals surface area (Å²) in [6.45, 7) is 8.34. The molecule has 1 aliphatic carbocycles. The Labute approximate surface area is 392 Å². The average Bonchev–Trinajstić information content (AvgIpc) is 3.41. The number of nitrogens with two attached hydrogens (primary N) is 6. The largest absolute Gasteiger partial charge is 0.508 e. The van der Waals surface area contributed by atoms with E-state index in [1.54, 1.807) is 48.5 Å². The fourth-order valence-corrected chi connectivity index (χ4v) is 10.5. The number of rotatable bonds is 4. The number of nitrogen functional groups attached to an aromatic ring is 6. The summed E-state index contributed by atoms with van der Waals surface area (Å²) < 4.78 is 41.3. The van der Waals surface area contributed by atoms with E-state index < -0.39 is 5.92 Å². The average molecular weight is 913 g/mol. The van der Waals surface area contributed by atoms with E-state index in [0.717, 1.165) is 33.4 Å². The second-order valence-electron chi connectivity index (χ2n) is 18.0. The van der Waals surface area contributed by atoms with Crippen LogP contribution in [0.1, 0.15) is 122 Å². The first-order valence-corrected chi connectivity index (χ1v) is 23.0. The van der Waals surface area contributed by atoms with Gasteiger partial charge in [0, 0.05) is 129 Å². The lowest BCUT2D eigenvalue weighted by atomic mass is 9.77. The molecule has 2 atom stereocenters. The van der Waals surface area contributed by atoms with Crippen molar-refractivity contribution in [3.63, 3.8) is 0 Å². The molecule has 4 aliphatic rings. The number of benzene rings is 7. The van der Waals surface area contributed by atoms with Crippen LogP contribution < -0.4 is 62.8 Å². The highest BCUT2D eigenvalue weighted by Gasteiger charge is 2.37. The van der Waals surface area contributed by atoms with Crippen LogP contribution in [-0.4, -0.2) is 10.2 Å². The van der Waals surface area contributed by atoms with Crippen molar-refractivity contribution in [2.45, 2.75) is 77.0 Å². The summed E-state index contributed by atoms with van der Waals surface area (Å²) in [5.74, 6) is 2.93. The van der Waals surface area contributed by atoms with Crippen LogP contribution >= 0.6 is 0 Å². The van der Waals surface area contributed by atoms with Gasteiger partial charge in [-0.25, -0.2) is 0 Å². The van der Waals surface area contributed by atoms with Crippen molar-refractivity contribution in [3.8, 4) is 80.5 Å². The van der Waals surface area contributed by atoms with Crippen LogP contribution in [0, 0.1) is 0 Å². The Bertz CT molecular complexity index is 3070. The summed E-state index contributed by atoms with van der Waals surface area (Å²) in [5.41, 5.74) is 46.6. The number of phenols is 2. The summed E-state index contributed by atoms with van der Waals surface area (Å²) in [7, 11) is 0. The highest BCUT2D eigenvalue weighted by molar-refractivity contribution is 5.75. The van der Waals surface area contributed by atoms with Crippen molar-refractivity contribution in [3.05, 3.63) is 129 Å². The molecule has 0 saturated heterocycles. The molecule has 2 unspecified atom stereocenters. The lowest BCUT2D eigenvalue weighted by Gasteiger charge is -2.29. The van der Waals surface area contributed by atoms with Gasteiger partial charge in [-0.3, -0.25) is 0 Å². The first-order valence-electron chi connectivity index (χ1n) is 23.0. The second-order valence-corrected chi connectivity index (χ2v) is 18.0. The third kappa shape index (κ3) is 6.61. The van der Waals surface area contributed by atoms with Crippen molar-refractivity contribution < 1.29 is 38.6 Å². The molecular weight excluding hydrogens is 861 g/mol. The number of anilines is 6. The Kier molecular flexibility index (Phi) is 9.78. The molecule has 14 heteroatoms. The lowest BCUT2D eigenvalue weighted by molar-refractivity contribution is 0.404. The van der Waals surface area contributed by atoms with Gasteiger partial charge in [-0.1, -0.05) is 27.7 Å². The Balaban J connectivity index is 1.32. The number of fused-ring (bicyclic) bond motifs is 5. The molecule has 0 amide bonds. The van der Waals surface area contributed by atoms with Crippen molar-refractivity contribution in [1.29, 1.82) is 0 Å². The van der Waals surface area contributed by atoms with Crippen LogP contribution in [0.15, 0.2) is 84.9 Å². The molecule has 0 spiro atoms. The van der Waals surface area contributed by atoms with Gasteiger partial charge in [-0.05, 0) is 49.9 Å². The Hall–Kier alpha value is -8.26. The zero-order valence-corrected chi connectivity index (χ0v) is 38.0. The van der Waals surface area contributed by atoms with Gasteiger partial charge in [0.2, 0.25) is 0 Å². The summed E-state index contributed by atoms with van der Waals surface area (Å²) in [6, 6.07) is 25.2. The van der Waals surface area contributed by atoms with Crippen LogP contribution in [-0.2, 0) is 0 Å². The first kappa shape index (κ1) is 42.4. The van der Waals surface area contributed by atoms with E-state index in [1.165, 1.54) is 0 Å². The van der Waals surface area contributed by atoms with E-state index in [1.807, 2.05) is 31.2 Å². The fourth-order valence-electron chi connectivity index (χ4n) is 10.5. The summed E-state index contributed by atoms with van der Waals surface area (Å²) in [4.78, 5) is 0. The Morgan fingerprint density at radius 1 is 0.279 bits per heavy atom. The molecule has 0 saturated carbocycles. The van der Waals surface area contributed by atoms with Crippen molar-refractivity contribution in [2.24, 2.45) is 0 Å². The summed E-state index contributed by atoms with van der Waals surface area (Å²) >= 11 is 0. The van der Waals surface area contributed by atoms with Gasteiger partial charge in [0.05, 0.1) is 34.1 Å². The normalized spacial score (nSPS) is 17.9. The molecule has 3 heterocycles. The molecule has 0 aromatic heterocycles. The SMILES string of the molecule is CCC1c2cc3c(cc2O)Oc2cc(N)c(N)cc2Oc2cc4c(cc2C3CC)C(CC)c2cc3c(cc2Oc2cc(N)c(N)cc2O4)Oc2cc(N)c(N)cc2Oc2cc(O)c1cc2C3CC. The maximum absolute atomic E-state index is 12.2. The van der Waals surface area contributed by atoms with Crippen molar-refractivity contribution >= 4 is 34.1 Å². The predicted octanol–water partition coefficient (Wildman–Crippen LogP) is 12.8. The molecule has 14 nitrogen and oxygen atoms in total. The summed E-state index contributed by atoms with van der Waals surface area (Å²) in [5, 5.41) is 24.4. The van der Waals surface area contributed by atoms with E-state index in [-0.39, 0.29) is 29.3 Å². The topological polar surface area (TPSA) is 252 Å². The smallest absolute Gasteiger partial charge is 0.172 e. The van der Waals surface area contributed by atoms with E-state index in [2.05, 4.69) is 32.9 Å². The van der Waals surface area contributed by atoms with Crippen molar-refractivity contribution in [1.82, 2.24) is 0 Å². The quantitative estimate of drug-likeness (QED) is 0.0765. The molecule has 68 heavy (non-hydrogen) atoms. The lowest BCUT2D eigenvalue weighted by Crippen LogP contribution is -2.12.